The summed E-state index contributed by atoms with van der Waals surface area (Å²) in [6, 6.07) is 21.5. The third-order valence-corrected chi connectivity index (χ3v) is 7.14. The summed E-state index contributed by atoms with van der Waals surface area (Å²) in [5.74, 6) is 0.202. The van der Waals surface area contributed by atoms with Crippen molar-refractivity contribution in [2.45, 2.75) is 31.2 Å². The molecule has 1 atom stereocenters. The minimum atomic E-state index is -0.576. The highest BCUT2D eigenvalue weighted by Crippen LogP contribution is 2.38. The molecule has 0 bridgehead atoms. The summed E-state index contributed by atoms with van der Waals surface area (Å²) in [5, 5.41) is 2.97. The van der Waals surface area contributed by atoms with Crippen LogP contribution in [0.2, 0.25) is 0 Å². The number of nitrogens with zero attached hydrogens (tertiary/aromatic N) is 1. The highest BCUT2D eigenvalue weighted by atomic mass is 32.2. The average Bonchev–Trinajstić information content (AvgIpc) is 3.24. The zero-order valence-corrected chi connectivity index (χ0v) is 18.7. The standard InChI is InChI=1S/C27H24N2O2S.CH4/c1-29-24-15-20-10-6-11-21(20)16-25(24)32-17-23(27(29)31)28-26(30)22-12-5-9-19(14-22)13-18-7-3-2-4-8-18;/h2-10,12,14-16,23H,11,13,17H2,1H3,(H,28,30);1H4/t23-;/m0./s1. The topological polar surface area (TPSA) is 49.4 Å². The SMILES string of the molecule is C.CN1C(=O)[C@@H](NC(=O)c2cccc(Cc3ccccc3)c2)CSc2cc3c(cc21)C=CC3. The molecule has 5 heteroatoms. The smallest absolute Gasteiger partial charge is 0.251 e. The van der Waals surface area contributed by atoms with Crippen molar-refractivity contribution >= 4 is 35.3 Å². The molecule has 3 aromatic carbocycles. The monoisotopic (exact) mass is 456 g/mol. The van der Waals surface area contributed by atoms with Crippen LogP contribution < -0.4 is 10.2 Å². The van der Waals surface area contributed by atoms with E-state index in [1.807, 2.05) is 36.4 Å². The van der Waals surface area contributed by atoms with Gasteiger partial charge < -0.3 is 10.2 Å². The Bertz CT molecular complexity index is 1220. The Hall–Kier alpha value is -3.31. The Kier molecular flexibility index (Phi) is 6.70. The maximum absolute atomic E-state index is 13.2. The van der Waals surface area contributed by atoms with Gasteiger partial charge in [0.25, 0.3) is 5.91 Å². The first-order valence-electron chi connectivity index (χ1n) is 10.8. The maximum atomic E-state index is 13.2. The normalized spacial score (nSPS) is 16.5. The van der Waals surface area contributed by atoms with Gasteiger partial charge >= 0.3 is 0 Å². The minimum absolute atomic E-state index is 0. The van der Waals surface area contributed by atoms with Crippen LogP contribution in [0.15, 0.2) is 77.7 Å². The number of rotatable bonds is 4. The number of hydrogen-bond donors (Lipinski definition) is 1. The molecule has 0 unspecified atom stereocenters. The summed E-state index contributed by atoms with van der Waals surface area (Å²) in [6.07, 6.45) is 5.94. The van der Waals surface area contributed by atoms with Crippen molar-refractivity contribution in [1.29, 1.82) is 0 Å². The van der Waals surface area contributed by atoms with Crippen LogP contribution in [-0.2, 0) is 17.6 Å². The summed E-state index contributed by atoms with van der Waals surface area (Å²) < 4.78 is 0. The molecule has 0 aromatic heterocycles. The lowest BCUT2D eigenvalue weighted by Gasteiger charge is -2.22. The van der Waals surface area contributed by atoms with Crippen LogP contribution in [0, 0.1) is 0 Å². The average molecular weight is 457 g/mol. The van der Waals surface area contributed by atoms with E-state index in [1.54, 1.807) is 29.8 Å². The largest absolute Gasteiger partial charge is 0.339 e. The molecule has 0 radical (unpaired) electrons. The van der Waals surface area contributed by atoms with E-state index >= 15 is 0 Å². The van der Waals surface area contributed by atoms with Gasteiger partial charge in [0.05, 0.1) is 5.69 Å². The molecule has 3 aromatic rings. The van der Waals surface area contributed by atoms with Gasteiger partial charge in [-0.3, -0.25) is 9.59 Å². The van der Waals surface area contributed by atoms with Gasteiger partial charge in [-0.25, -0.2) is 0 Å². The fraction of sp³-hybridized carbons (Fsp3) is 0.214. The molecule has 2 aliphatic rings. The number of likely N-dealkylation sites (N-methyl/N-ethyl adjacent to an activating group) is 1. The summed E-state index contributed by atoms with van der Waals surface area (Å²) in [6.45, 7) is 0. The van der Waals surface area contributed by atoms with Crippen LogP contribution in [0.4, 0.5) is 5.69 Å². The lowest BCUT2D eigenvalue weighted by Crippen LogP contribution is -2.48. The fourth-order valence-corrected chi connectivity index (χ4v) is 5.39. The predicted molar refractivity (Wildman–Crippen MR) is 137 cm³/mol. The predicted octanol–water partition coefficient (Wildman–Crippen LogP) is 5.35. The number of carbonyl (C=O) groups excluding carboxylic acids is 2. The van der Waals surface area contributed by atoms with E-state index in [-0.39, 0.29) is 19.2 Å². The van der Waals surface area contributed by atoms with Gasteiger partial charge in [-0.2, -0.15) is 0 Å². The first-order chi connectivity index (χ1) is 15.6. The molecule has 4 nitrogen and oxygen atoms in total. The quantitative estimate of drug-likeness (QED) is 0.576. The molecule has 5 rings (SSSR count). The second-order valence-electron chi connectivity index (χ2n) is 8.22. The summed E-state index contributed by atoms with van der Waals surface area (Å²) in [5.41, 5.74) is 6.20. The fourth-order valence-electron chi connectivity index (χ4n) is 4.25. The van der Waals surface area contributed by atoms with Gasteiger partial charge in [-0.1, -0.05) is 62.0 Å². The van der Waals surface area contributed by atoms with Crippen LogP contribution in [0.1, 0.15) is 40.0 Å². The van der Waals surface area contributed by atoms with Gasteiger partial charge in [0, 0.05) is 23.3 Å². The highest BCUT2D eigenvalue weighted by Gasteiger charge is 2.31. The van der Waals surface area contributed by atoms with E-state index in [9.17, 15) is 9.59 Å². The molecule has 1 heterocycles. The molecule has 1 aliphatic heterocycles. The Balaban J connectivity index is 0.00000259. The van der Waals surface area contributed by atoms with Gasteiger partial charge in [-0.15, -0.1) is 11.8 Å². The van der Waals surface area contributed by atoms with Crippen LogP contribution in [0.5, 0.6) is 0 Å². The van der Waals surface area contributed by atoms with Gasteiger partial charge in [0.15, 0.2) is 0 Å². The second kappa shape index (κ2) is 9.67. The maximum Gasteiger partial charge on any atom is 0.251 e. The molecule has 1 aliphatic carbocycles. The van der Waals surface area contributed by atoms with E-state index in [4.69, 9.17) is 0 Å². The third-order valence-electron chi connectivity index (χ3n) is 6.00. The van der Waals surface area contributed by atoms with Crippen molar-refractivity contribution in [1.82, 2.24) is 5.32 Å². The number of allylic oxidation sites excluding steroid dienone is 1. The van der Waals surface area contributed by atoms with Crippen molar-refractivity contribution in [2.24, 2.45) is 0 Å². The highest BCUT2D eigenvalue weighted by molar-refractivity contribution is 7.99. The van der Waals surface area contributed by atoms with E-state index in [2.05, 4.69) is 41.7 Å². The molecule has 0 fully saturated rings. The number of fused-ring (bicyclic) bond motifs is 2. The Morgan fingerprint density at radius 1 is 1.06 bits per heavy atom. The van der Waals surface area contributed by atoms with Gasteiger partial charge in [0.1, 0.15) is 6.04 Å². The zero-order valence-electron chi connectivity index (χ0n) is 17.9. The molecule has 0 saturated heterocycles. The number of nitrogens with one attached hydrogen (secondary N) is 1. The number of thioether (sulfide) groups is 1. The Morgan fingerprint density at radius 3 is 2.67 bits per heavy atom. The number of carbonyl (C=O) groups is 2. The van der Waals surface area contributed by atoms with E-state index in [0.717, 1.165) is 29.0 Å². The zero-order chi connectivity index (χ0) is 22.1. The first-order valence-corrected chi connectivity index (χ1v) is 11.7. The van der Waals surface area contributed by atoms with Crippen molar-refractivity contribution in [2.75, 3.05) is 17.7 Å². The van der Waals surface area contributed by atoms with Crippen LogP contribution in [0.25, 0.3) is 6.08 Å². The number of anilines is 1. The molecular weight excluding hydrogens is 428 g/mol. The lowest BCUT2D eigenvalue weighted by molar-refractivity contribution is -0.119. The molecular formula is C28H28N2O2S. The van der Waals surface area contributed by atoms with Crippen molar-refractivity contribution in [3.63, 3.8) is 0 Å². The molecule has 168 valence electrons. The van der Waals surface area contributed by atoms with Crippen LogP contribution >= 0.6 is 11.8 Å². The minimum Gasteiger partial charge on any atom is -0.339 e. The Labute approximate surface area is 199 Å². The summed E-state index contributed by atoms with van der Waals surface area (Å²) >= 11 is 1.63. The number of hydrogen-bond acceptors (Lipinski definition) is 3. The summed E-state index contributed by atoms with van der Waals surface area (Å²) in [7, 11) is 1.79. The molecule has 0 saturated carbocycles. The third kappa shape index (κ3) is 4.74. The molecule has 0 spiro atoms. The lowest BCUT2D eigenvalue weighted by atomic mass is 10.0. The van der Waals surface area contributed by atoms with E-state index < -0.39 is 6.04 Å². The van der Waals surface area contributed by atoms with Crippen LogP contribution in [0.3, 0.4) is 0 Å². The second-order valence-corrected chi connectivity index (χ2v) is 9.28. The summed E-state index contributed by atoms with van der Waals surface area (Å²) in [4.78, 5) is 28.9. The van der Waals surface area contributed by atoms with Gasteiger partial charge in [0.2, 0.25) is 5.91 Å². The van der Waals surface area contributed by atoms with Crippen molar-refractivity contribution in [3.05, 3.63) is 101 Å². The molecule has 1 N–H and O–H groups in total. The van der Waals surface area contributed by atoms with Crippen molar-refractivity contribution in [3.8, 4) is 0 Å². The number of benzene rings is 3. The van der Waals surface area contributed by atoms with Gasteiger partial charge in [-0.05, 0) is 59.4 Å². The molecule has 33 heavy (non-hydrogen) atoms. The number of amides is 2. The van der Waals surface area contributed by atoms with E-state index in [0.29, 0.717) is 11.3 Å². The van der Waals surface area contributed by atoms with E-state index in [1.165, 1.54) is 16.7 Å². The van der Waals surface area contributed by atoms with Crippen LogP contribution in [-0.4, -0.2) is 30.7 Å². The first kappa shape index (κ1) is 22.9. The molecule has 2 amide bonds. The Morgan fingerprint density at radius 2 is 1.85 bits per heavy atom. The van der Waals surface area contributed by atoms with Crippen molar-refractivity contribution < 1.29 is 9.59 Å².